The van der Waals surface area contributed by atoms with Crippen LogP contribution in [0.1, 0.15) is 0 Å². The predicted octanol–water partition coefficient (Wildman–Crippen LogP) is 7.89. The van der Waals surface area contributed by atoms with E-state index in [1.54, 1.807) is 0 Å². The fourth-order valence-corrected chi connectivity index (χ4v) is 132. The van der Waals surface area contributed by atoms with Crippen LogP contribution in [-0.4, -0.2) is 74.7 Å². The van der Waals surface area contributed by atoms with E-state index < -0.39 is 48.4 Å². The molecule has 0 aromatic heterocycles. The molecule has 0 atom stereocenters. The summed E-state index contributed by atoms with van der Waals surface area (Å²) in [5.41, 5.74) is 0. The summed E-state index contributed by atoms with van der Waals surface area (Å²) in [5, 5.41) is 0. The summed E-state index contributed by atoms with van der Waals surface area (Å²) < 4.78 is 1.59. The second-order valence-electron chi connectivity index (χ2n) is 15.0. The van der Waals surface area contributed by atoms with Crippen molar-refractivity contribution in [1.29, 1.82) is 0 Å². The molecular formula is C20H54Se2Si6. The van der Waals surface area contributed by atoms with Crippen molar-refractivity contribution in [2.45, 2.75) is 124 Å². The Kier molecular flexibility index (Phi) is 9.32. The maximum atomic E-state index is 2.75. The molecule has 0 spiro atoms. The van der Waals surface area contributed by atoms with Crippen LogP contribution in [0.5, 0.6) is 0 Å². The molecule has 8 heteroatoms. The molecule has 0 rings (SSSR count). The van der Waals surface area contributed by atoms with Gasteiger partial charge >= 0.3 is 199 Å². The van der Waals surface area contributed by atoms with Gasteiger partial charge in [0.2, 0.25) is 0 Å². The molecule has 0 aliphatic rings. The Hall–Kier alpha value is 2.34. The monoisotopic (exact) mass is 622 g/mol. The van der Waals surface area contributed by atoms with Crippen molar-refractivity contribution in [3.05, 3.63) is 0 Å². The van der Waals surface area contributed by atoms with E-state index in [4.69, 9.17) is 0 Å². The zero-order valence-corrected chi connectivity index (χ0v) is 32.2. The Labute approximate surface area is 197 Å². The first-order valence-corrected chi connectivity index (χ1v) is 38.1. The molecule has 0 saturated carbocycles. The van der Waals surface area contributed by atoms with Crippen LogP contribution in [0.3, 0.4) is 0 Å². The van der Waals surface area contributed by atoms with Crippen molar-refractivity contribution in [3.63, 3.8) is 0 Å². The van der Waals surface area contributed by atoms with Gasteiger partial charge in [0.25, 0.3) is 0 Å². The quantitative estimate of drug-likeness (QED) is 0.230. The summed E-state index contributed by atoms with van der Waals surface area (Å²) >= 11 is 1.69. The van der Waals surface area contributed by atoms with Gasteiger partial charge in [-0.25, -0.2) is 0 Å². The molecular weight excluding hydrogens is 567 g/mol. The van der Waals surface area contributed by atoms with Crippen LogP contribution in [0.15, 0.2) is 0 Å². The summed E-state index contributed by atoms with van der Waals surface area (Å²) in [5.74, 6) is 0. The minimum absolute atomic E-state index is 0.796. The summed E-state index contributed by atoms with van der Waals surface area (Å²) in [4.78, 5) is 0. The molecule has 0 bridgehead atoms. The molecule has 0 aliphatic heterocycles. The van der Waals surface area contributed by atoms with Crippen LogP contribution < -0.4 is 0 Å². The van der Waals surface area contributed by atoms with Gasteiger partial charge in [-0.05, 0) is 0 Å². The van der Waals surface area contributed by atoms with E-state index in [2.05, 4.69) is 118 Å². The number of hydrogen-bond donors (Lipinski definition) is 0. The van der Waals surface area contributed by atoms with Crippen molar-refractivity contribution in [3.8, 4) is 0 Å². The van der Waals surface area contributed by atoms with E-state index in [0.717, 1.165) is 32.6 Å². The van der Waals surface area contributed by atoms with E-state index in [0.29, 0.717) is 0 Å². The molecule has 0 aromatic rings. The maximum absolute atomic E-state index is 2.75. The fraction of sp³-hybridized carbons (Fsp3) is 1.00. The van der Waals surface area contributed by atoms with Gasteiger partial charge in [0.15, 0.2) is 0 Å². The summed E-state index contributed by atoms with van der Waals surface area (Å²) in [6, 6.07) is 0. The molecule has 0 fully saturated rings. The fourth-order valence-electron chi connectivity index (χ4n) is 7.62. The third-order valence-corrected chi connectivity index (χ3v) is 90.5. The second kappa shape index (κ2) is 8.60. The van der Waals surface area contributed by atoms with Gasteiger partial charge in [0, 0.05) is 0 Å². The zero-order chi connectivity index (χ0) is 23.4. The first kappa shape index (κ1) is 30.3. The SMILES string of the molecule is C[Si](C)(C)C([Se][Se]C([Si](C)(C)C)([Si](C)(C)C)[Si](C)(C)C)([Si](C)(C)C)[Si](C)(C)C. The van der Waals surface area contributed by atoms with Crippen LogP contribution in [-0.2, 0) is 0 Å². The molecule has 0 nitrogen and oxygen atoms in total. The van der Waals surface area contributed by atoms with Gasteiger partial charge in [-0.1, -0.05) is 0 Å². The molecule has 0 amide bonds. The molecule has 0 heterocycles. The van der Waals surface area contributed by atoms with E-state index in [1.807, 2.05) is 0 Å². The molecule has 0 aromatic carbocycles. The average molecular weight is 621 g/mol. The number of rotatable bonds is 9. The molecule has 0 saturated heterocycles. The Balaban J connectivity index is 6.89. The van der Waals surface area contributed by atoms with Crippen molar-refractivity contribution in [1.82, 2.24) is 0 Å². The van der Waals surface area contributed by atoms with Gasteiger partial charge < -0.3 is 0 Å². The van der Waals surface area contributed by atoms with Crippen molar-refractivity contribution in [2.24, 2.45) is 0 Å². The summed E-state index contributed by atoms with van der Waals surface area (Å²) in [7, 11) is -7.63. The van der Waals surface area contributed by atoms with Gasteiger partial charge in [-0.3, -0.25) is 0 Å². The minimum atomic E-state index is -1.27. The third-order valence-electron chi connectivity index (χ3n) is 6.63. The standard InChI is InChI=1S/C20H54Se2Si6/c1-23(2,3)19(24(4,5)6,25(7,8)9)21-22-20(26(10,11)12,27(13,14)15)28(16,17)18/h1-18H3. The first-order valence-electron chi connectivity index (χ1n) is 11.1. The first-order chi connectivity index (χ1) is 11.7. The third kappa shape index (κ3) is 5.28. The van der Waals surface area contributed by atoms with Crippen molar-refractivity contribution >= 4 is 74.7 Å². The zero-order valence-electron chi connectivity index (χ0n) is 22.8. The molecule has 0 unspecified atom stereocenters. The molecule has 28 heavy (non-hydrogen) atoms. The Morgan fingerprint density at radius 2 is 0.393 bits per heavy atom. The normalized spacial score (nSPS) is 16.5. The van der Waals surface area contributed by atoms with Gasteiger partial charge in [-0.2, -0.15) is 0 Å². The second-order valence-corrected chi connectivity index (χ2v) is 61.3. The van der Waals surface area contributed by atoms with Crippen LogP contribution in [0, 0.1) is 0 Å². The van der Waals surface area contributed by atoms with Crippen molar-refractivity contribution < 1.29 is 0 Å². The topological polar surface area (TPSA) is 0 Å². The average Bonchev–Trinajstić information content (AvgIpc) is 2.23. The Bertz CT molecular complexity index is 412. The van der Waals surface area contributed by atoms with Gasteiger partial charge in [0.05, 0.1) is 0 Å². The summed E-state index contributed by atoms with van der Waals surface area (Å²) in [6.07, 6.45) is 0. The Morgan fingerprint density at radius 3 is 0.464 bits per heavy atom. The van der Waals surface area contributed by atoms with E-state index >= 15 is 0 Å². The summed E-state index contributed by atoms with van der Waals surface area (Å²) in [6.45, 7) is 49.5. The van der Waals surface area contributed by atoms with Crippen LogP contribution in [0.2, 0.25) is 124 Å². The Morgan fingerprint density at radius 1 is 0.286 bits per heavy atom. The van der Waals surface area contributed by atoms with Crippen LogP contribution in [0.25, 0.3) is 0 Å². The molecule has 0 aliphatic carbocycles. The van der Waals surface area contributed by atoms with E-state index in [-0.39, 0.29) is 0 Å². The number of hydrogen-bond acceptors (Lipinski definition) is 0. The molecule has 170 valence electrons. The molecule has 0 N–H and O–H groups in total. The predicted molar refractivity (Wildman–Crippen MR) is 157 cm³/mol. The van der Waals surface area contributed by atoms with Crippen molar-refractivity contribution in [2.75, 3.05) is 0 Å². The molecule has 0 radical (unpaired) electrons. The van der Waals surface area contributed by atoms with E-state index in [1.165, 1.54) is 0 Å². The van der Waals surface area contributed by atoms with Crippen LogP contribution >= 0.6 is 0 Å². The van der Waals surface area contributed by atoms with Crippen LogP contribution in [0.4, 0.5) is 0 Å². The van der Waals surface area contributed by atoms with Gasteiger partial charge in [-0.15, -0.1) is 0 Å². The van der Waals surface area contributed by atoms with Gasteiger partial charge in [0.1, 0.15) is 0 Å². The van der Waals surface area contributed by atoms with E-state index in [9.17, 15) is 0 Å².